The Bertz CT molecular complexity index is 313. The van der Waals surface area contributed by atoms with Gasteiger partial charge in [0.1, 0.15) is 0 Å². The van der Waals surface area contributed by atoms with Gasteiger partial charge < -0.3 is 5.11 Å². The molecule has 4 rings (SSSR count). The number of hydrogen-bond donors (Lipinski definition) is 1. The van der Waals surface area contributed by atoms with Crippen molar-refractivity contribution in [3.05, 3.63) is 0 Å². The third kappa shape index (κ3) is 2.03. The minimum atomic E-state index is 0.346. The second-order valence-electron chi connectivity index (χ2n) is 6.62. The van der Waals surface area contributed by atoms with Crippen LogP contribution >= 0.6 is 0 Å². The van der Waals surface area contributed by atoms with Gasteiger partial charge in [-0.25, -0.2) is 0 Å². The van der Waals surface area contributed by atoms with Gasteiger partial charge in [0.25, 0.3) is 0 Å². The second-order valence-corrected chi connectivity index (χ2v) is 6.62. The van der Waals surface area contributed by atoms with Crippen molar-refractivity contribution in [3.8, 4) is 0 Å². The topological polar surface area (TPSA) is 33.2 Å². The highest BCUT2D eigenvalue weighted by atomic mass is 16.3. The summed E-state index contributed by atoms with van der Waals surface area (Å²) in [6.07, 6.45) is 3.58. The van der Waals surface area contributed by atoms with E-state index in [0.717, 1.165) is 6.42 Å². The average Bonchev–Trinajstić information content (AvgIpc) is 2.45. The van der Waals surface area contributed by atoms with Crippen LogP contribution in [0.5, 0.6) is 0 Å². The van der Waals surface area contributed by atoms with Gasteiger partial charge in [-0.05, 0) is 18.8 Å². The van der Waals surface area contributed by atoms with Crippen LogP contribution in [-0.4, -0.2) is 96.0 Å². The Hall–Kier alpha value is -0.200. The van der Waals surface area contributed by atoms with Crippen LogP contribution < -0.4 is 0 Å². The third-order valence-electron chi connectivity index (χ3n) is 5.53. The SMILES string of the molecule is OCC[C@H]1CN2CCN3CCCN4CCN(C1)[C@H]2[C@@H]43. The summed E-state index contributed by atoms with van der Waals surface area (Å²) in [5.41, 5.74) is 0. The molecular formula is C14H26N4O. The maximum atomic E-state index is 9.22. The van der Waals surface area contributed by atoms with Crippen molar-refractivity contribution >= 4 is 0 Å². The summed E-state index contributed by atoms with van der Waals surface area (Å²) < 4.78 is 0. The van der Waals surface area contributed by atoms with E-state index in [2.05, 4.69) is 19.6 Å². The molecule has 19 heavy (non-hydrogen) atoms. The molecule has 0 aromatic heterocycles. The Morgan fingerprint density at radius 1 is 0.737 bits per heavy atom. The highest BCUT2D eigenvalue weighted by Gasteiger charge is 2.49. The Balaban J connectivity index is 1.57. The van der Waals surface area contributed by atoms with E-state index in [1.807, 2.05) is 0 Å². The molecule has 5 heteroatoms. The van der Waals surface area contributed by atoms with Crippen LogP contribution in [-0.2, 0) is 0 Å². The van der Waals surface area contributed by atoms with Gasteiger partial charge in [-0.3, -0.25) is 19.6 Å². The highest BCUT2D eigenvalue weighted by molar-refractivity contribution is 5.00. The smallest absolute Gasteiger partial charge is 0.0922 e. The quantitative estimate of drug-likeness (QED) is 0.714. The molecule has 0 aliphatic carbocycles. The van der Waals surface area contributed by atoms with Crippen molar-refractivity contribution in [1.29, 1.82) is 0 Å². The molecule has 0 unspecified atom stereocenters. The summed E-state index contributed by atoms with van der Waals surface area (Å²) in [4.78, 5) is 10.8. The molecule has 4 aliphatic heterocycles. The normalized spacial score (nSPS) is 41.2. The number of nitrogens with zero attached hydrogens (tertiary/aromatic N) is 4. The monoisotopic (exact) mass is 266 g/mol. The highest BCUT2D eigenvalue weighted by Crippen LogP contribution is 2.34. The van der Waals surface area contributed by atoms with E-state index in [1.165, 1.54) is 58.8 Å². The van der Waals surface area contributed by atoms with Crippen molar-refractivity contribution in [2.75, 3.05) is 59.0 Å². The number of aliphatic hydroxyl groups is 1. The van der Waals surface area contributed by atoms with Gasteiger partial charge in [-0.15, -0.1) is 0 Å². The fraction of sp³-hybridized carbons (Fsp3) is 1.00. The van der Waals surface area contributed by atoms with Crippen LogP contribution in [0.3, 0.4) is 0 Å². The van der Waals surface area contributed by atoms with Gasteiger partial charge in [-0.1, -0.05) is 0 Å². The fourth-order valence-electron chi connectivity index (χ4n) is 4.71. The van der Waals surface area contributed by atoms with Crippen LogP contribution in [0.15, 0.2) is 0 Å². The van der Waals surface area contributed by atoms with Crippen molar-refractivity contribution in [2.24, 2.45) is 5.92 Å². The summed E-state index contributed by atoms with van der Waals surface area (Å²) in [6.45, 7) is 10.2. The molecule has 0 bridgehead atoms. The molecule has 0 aromatic rings. The van der Waals surface area contributed by atoms with Gasteiger partial charge in [0.2, 0.25) is 0 Å². The summed E-state index contributed by atoms with van der Waals surface area (Å²) in [6, 6.07) is 0. The average molecular weight is 266 g/mol. The molecule has 4 saturated heterocycles. The molecule has 108 valence electrons. The minimum Gasteiger partial charge on any atom is -0.396 e. The van der Waals surface area contributed by atoms with Crippen molar-refractivity contribution in [3.63, 3.8) is 0 Å². The molecule has 4 aliphatic rings. The Kier molecular flexibility index (Phi) is 3.28. The predicted octanol–water partition coefficient (Wildman–Crippen LogP) is -0.710. The summed E-state index contributed by atoms with van der Waals surface area (Å²) in [5.74, 6) is 0.669. The molecule has 4 heterocycles. The van der Waals surface area contributed by atoms with E-state index in [0.29, 0.717) is 24.9 Å². The summed E-state index contributed by atoms with van der Waals surface area (Å²) >= 11 is 0. The largest absolute Gasteiger partial charge is 0.396 e. The van der Waals surface area contributed by atoms with Gasteiger partial charge in [0.15, 0.2) is 0 Å². The summed E-state index contributed by atoms with van der Waals surface area (Å²) in [5, 5.41) is 9.22. The van der Waals surface area contributed by atoms with Crippen LogP contribution in [0, 0.1) is 5.92 Å². The van der Waals surface area contributed by atoms with Crippen LogP contribution in [0.2, 0.25) is 0 Å². The molecule has 0 spiro atoms. The lowest BCUT2D eigenvalue weighted by atomic mass is 9.94. The number of rotatable bonds is 2. The van der Waals surface area contributed by atoms with Crippen LogP contribution in [0.25, 0.3) is 0 Å². The van der Waals surface area contributed by atoms with E-state index in [9.17, 15) is 5.11 Å². The Morgan fingerprint density at radius 3 is 1.84 bits per heavy atom. The van der Waals surface area contributed by atoms with Crippen LogP contribution in [0.4, 0.5) is 0 Å². The molecule has 0 atom stereocenters. The first kappa shape index (κ1) is 12.5. The Labute approximate surface area is 115 Å². The van der Waals surface area contributed by atoms with E-state index in [-0.39, 0.29) is 0 Å². The predicted molar refractivity (Wildman–Crippen MR) is 73.7 cm³/mol. The van der Waals surface area contributed by atoms with Gasteiger partial charge in [-0.2, -0.15) is 0 Å². The molecule has 0 saturated carbocycles. The molecule has 0 radical (unpaired) electrons. The minimum absolute atomic E-state index is 0.346. The zero-order chi connectivity index (χ0) is 12.8. The first-order valence-electron chi connectivity index (χ1n) is 7.94. The molecule has 0 amide bonds. The molecule has 4 fully saturated rings. The van der Waals surface area contributed by atoms with Crippen LogP contribution in [0.1, 0.15) is 12.8 Å². The molecular weight excluding hydrogens is 240 g/mol. The van der Waals surface area contributed by atoms with E-state index in [4.69, 9.17) is 0 Å². The third-order valence-corrected chi connectivity index (χ3v) is 5.53. The summed E-state index contributed by atoms with van der Waals surface area (Å²) in [7, 11) is 0. The number of piperazine rings is 2. The zero-order valence-electron chi connectivity index (χ0n) is 11.7. The van der Waals surface area contributed by atoms with E-state index in [1.54, 1.807) is 0 Å². The first-order chi connectivity index (χ1) is 9.36. The fourth-order valence-corrected chi connectivity index (χ4v) is 4.71. The van der Waals surface area contributed by atoms with Crippen molar-refractivity contribution < 1.29 is 5.11 Å². The van der Waals surface area contributed by atoms with Gasteiger partial charge in [0, 0.05) is 59.0 Å². The zero-order valence-corrected chi connectivity index (χ0v) is 11.7. The lowest BCUT2D eigenvalue weighted by Gasteiger charge is -2.62. The van der Waals surface area contributed by atoms with Crippen molar-refractivity contribution in [1.82, 2.24) is 19.6 Å². The van der Waals surface area contributed by atoms with Gasteiger partial charge >= 0.3 is 0 Å². The number of hydrogen-bond acceptors (Lipinski definition) is 5. The molecule has 5 nitrogen and oxygen atoms in total. The number of aliphatic hydroxyl groups excluding tert-OH is 1. The lowest BCUT2D eigenvalue weighted by molar-refractivity contribution is -0.190. The maximum absolute atomic E-state index is 9.22. The second kappa shape index (κ2) is 4.97. The molecule has 0 aromatic carbocycles. The van der Waals surface area contributed by atoms with Crippen molar-refractivity contribution in [2.45, 2.75) is 25.2 Å². The first-order valence-corrected chi connectivity index (χ1v) is 7.94. The lowest BCUT2D eigenvalue weighted by Crippen LogP contribution is -2.78. The van der Waals surface area contributed by atoms with E-state index < -0.39 is 0 Å². The maximum Gasteiger partial charge on any atom is 0.0922 e. The van der Waals surface area contributed by atoms with Gasteiger partial charge in [0.05, 0.1) is 12.3 Å². The standard InChI is InChI=1S/C14H26N4O/c19-9-2-12-10-17-7-5-15-3-1-4-16-6-8-18(11-12)14(17)13(15)16/h12-14,19H,1-11H2/t12-,13+,14-. The van der Waals surface area contributed by atoms with E-state index >= 15 is 0 Å². The Morgan fingerprint density at radius 2 is 1.26 bits per heavy atom. The molecule has 1 N–H and O–H groups in total.